The Morgan fingerprint density at radius 1 is 0.852 bits per heavy atom. The molecule has 0 fully saturated rings. The summed E-state index contributed by atoms with van der Waals surface area (Å²) in [7, 11) is 3.89. The average molecular weight is 364 g/mol. The molecule has 3 nitrogen and oxygen atoms in total. The van der Waals surface area contributed by atoms with E-state index in [1.54, 1.807) is 0 Å². The van der Waals surface area contributed by atoms with Crippen LogP contribution in [0.2, 0.25) is 0 Å². The predicted octanol–water partition coefficient (Wildman–Crippen LogP) is 4.53. The molecule has 27 heavy (non-hydrogen) atoms. The summed E-state index contributed by atoms with van der Waals surface area (Å²) < 4.78 is 0. The topological polar surface area (TPSA) is 27.3 Å². The zero-order valence-electron chi connectivity index (χ0n) is 17.4. The van der Waals surface area contributed by atoms with Gasteiger partial charge in [-0.2, -0.15) is 0 Å². The van der Waals surface area contributed by atoms with Crippen molar-refractivity contribution in [2.45, 2.75) is 33.7 Å². The highest BCUT2D eigenvalue weighted by atomic mass is 15.2. The molecule has 0 amide bonds. The zero-order chi connectivity index (χ0) is 19.8. The first-order valence-corrected chi connectivity index (χ1v) is 9.56. The van der Waals surface area contributed by atoms with Crippen LogP contribution in [0.4, 0.5) is 0 Å². The number of likely N-dealkylation sites (N-methyl/N-ethyl adjacent to an activating group) is 1. The monoisotopic (exact) mass is 363 g/mol. The first-order valence-electron chi connectivity index (χ1n) is 9.56. The third-order valence-electron chi connectivity index (χ3n) is 4.92. The van der Waals surface area contributed by atoms with Gasteiger partial charge in [0, 0.05) is 32.9 Å². The molecular formula is C24H33N3. The molecule has 0 aliphatic carbocycles. The fraction of sp³-hybridized carbons (Fsp3) is 0.333. The van der Waals surface area contributed by atoms with Crippen molar-refractivity contribution in [3.63, 3.8) is 0 Å². The molecule has 0 radical (unpaired) electrons. The van der Waals surface area contributed by atoms with Gasteiger partial charge >= 0.3 is 0 Å². The van der Waals surface area contributed by atoms with E-state index in [-0.39, 0.29) is 0 Å². The zero-order valence-corrected chi connectivity index (χ0v) is 17.4. The van der Waals surface area contributed by atoms with Gasteiger partial charge in [-0.05, 0) is 38.3 Å². The maximum Gasteiger partial charge on any atom is 0.0788 e. The number of aryl methyl sites for hydroxylation is 2. The van der Waals surface area contributed by atoms with Gasteiger partial charge in [-0.3, -0.25) is 0 Å². The summed E-state index contributed by atoms with van der Waals surface area (Å²) in [5, 5.41) is 6.53. The van der Waals surface area contributed by atoms with E-state index in [0.29, 0.717) is 0 Å². The van der Waals surface area contributed by atoms with Gasteiger partial charge in [-0.1, -0.05) is 66.2 Å². The lowest BCUT2D eigenvalue weighted by Crippen LogP contribution is -2.31. The van der Waals surface area contributed by atoms with Crippen molar-refractivity contribution in [2.24, 2.45) is 0 Å². The van der Waals surface area contributed by atoms with Crippen LogP contribution in [0, 0.1) is 13.8 Å². The van der Waals surface area contributed by atoms with Crippen molar-refractivity contribution >= 4 is 0 Å². The highest BCUT2D eigenvalue weighted by Gasteiger charge is 2.16. The number of hydrogen-bond acceptors (Lipinski definition) is 3. The van der Waals surface area contributed by atoms with E-state index < -0.39 is 0 Å². The van der Waals surface area contributed by atoms with Crippen LogP contribution in [0.3, 0.4) is 0 Å². The first-order chi connectivity index (χ1) is 12.9. The third kappa shape index (κ3) is 5.92. The van der Waals surface area contributed by atoms with Crippen LogP contribution < -0.4 is 10.6 Å². The number of hydrogen-bond donors (Lipinski definition) is 2. The van der Waals surface area contributed by atoms with Gasteiger partial charge in [0.15, 0.2) is 0 Å². The Labute approximate surface area is 164 Å². The van der Waals surface area contributed by atoms with Crippen LogP contribution >= 0.6 is 0 Å². The first kappa shape index (κ1) is 20.6. The van der Waals surface area contributed by atoms with Crippen LogP contribution in [0.15, 0.2) is 72.2 Å². The van der Waals surface area contributed by atoms with Crippen molar-refractivity contribution in [1.82, 2.24) is 15.5 Å². The van der Waals surface area contributed by atoms with E-state index in [9.17, 15) is 0 Å². The number of rotatable bonds is 9. The molecular weight excluding hydrogens is 330 g/mol. The summed E-state index contributed by atoms with van der Waals surface area (Å²) in [6.45, 7) is 12.4. The van der Waals surface area contributed by atoms with Crippen molar-refractivity contribution in [2.75, 3.05) is 20.6 Å². The summed E-state index contributed by atoms with van der Waals surface area (Å²) in [6.07, 6.45) is 0.990. The summed E-state index contributed by atoms with van der Waals surface area (Å²) >= 11 is 0. The molecule has 3 heteroatoms. The maximum absolute atomic E-state index is 4.24. The number of nitrogens with one attached hydrogen (secondary N) is 2. The molecule has 0 spiro atoms. The smallest absolute Gasteiger partial charge is 0.0788 e. The lowest BCUT2D eigenvalue weighted by molar-refractivity contribution is 0.338. The van der Waals surface area contributed by atoms with Crippen LogP contribution in [0.25, 0.3) is 0 Å². The Morgan fingerprint density at radius 3 is 1.85 bits per heavy atom. The van der Waals surface area contributed by atoms with E-state index in [0.717, 1.165) is 36.6 Å². The summed E-state index contributed by atoms with van der Waals surface area (Å²) in [5.74, 6) is 0. The SMILES string of the molecule is C=C(NC)/C(=C(/C)NC)N(CCc1ccc(C)cc1)Cc1ccc(C)cc1. The van der Waals surface area contributed by atoms with Crippen molar-refractivity contribution in [3.8, 4) is 0 Å². The van der Waals surface area contributed by atoms with E-state index >= 15 is 0 Å². The third-order valence-corrected chi connectivity index (χ3v) is 4.92. The molecule has 0 aliphatic rings. The molecule has 2 rings (SSSR count). The maximum atomic E-state index is 4.24. The van der Waals surface area contributed by atoms with Gasteiger partial charge in [-0.25, -0.2) is 0 Å². The van der Waals surface area contributed by atoms with E-state index in [4.69, 9.17) is 0 Å². The second kappa shape index (κ2) is 9.86. The Morgan fingerprint density at radius 2 is 1.37 bits per heavy atom. The van der Waals surface area contributed by atoms with E-state index in [1.165, 1.54) is 22.3 Å². The molecule has 0 saturated carbocycles. The Bertz CT molecular complexity index is 770. The quantitative estimate of drug-likeness (QED) is 0.641. The molecule has 144 valence electrons. The van der Waals surface area contributed by atoms with Crippen LogP contribution in [-0.4, -0.2) is 25.5 Å². The molecule has 0 bridgehead atoms. The summed E-state index contributed by atoms with van der Waals surface area (Å²) in [6, 6.07) is 17.6. The van der Waals surface area contributed by atoms with Gasteiger partial charge in [-0.15, -0.1) is 0 Å². The van der Waals surface area contributed by atoms with Gasteiger partial charge in [0.1, 0.15) is 0 Å². The number of allylic oxidation sites excluding steroid dienone is 1. The Hall–Kier alpha value is -2.68. The van der Waals surface area contributed by atoms with Crippen LogP contribution in [0.5, 0.6) is 0 Å². The molecule has 0 unspecified atom stereocenters. The second-order valence-corrected chi connectivity index (χ2v) is 7.09. The van der Waals surface area contributed by atoms with Crippen molar-refractivity contribution < 1.29 is 0 Å². The molecule has 0 heterocycles. The van der Waals surface area contributed by atoms with Crippen molar-refractivity contribution in [3.05, 3.63) is 94.5 Å². The molecule has 2 aromatic rings. The fourth-order valence-electron chi connectivity index (χ4n) is 3.09. The van der Waals surface area contributed by atoms with Gasteiger partial charge in [0.2, 0.25) is 0 Å². The lowest BCUT2D eigenvalue weighted by atomic mass is 10.1. The molecule has 0 atom stereocenters. The Balaban J connectivity index is 2.29. The summed E-state index contributed by atoms with van der Waals surface area (Å²) in [5.41, 5.74) is 8.41. The molecule has 0 aromatic heterocycles. The van der Waals surface area contributed by atoms with Crippen LogP contribution in [-0.2, 0) is 13.0 Å². The minimum Gasteiger partial charge on any atom is -0.390 e. The Kier molecular flexibility index (Phi) is 7.54. The predicted molar refractivity (Wildman–Crippen MR) is 116 cm³/mol. The second-order valence-electron chi connectivity index (χ2n) is 7.09. The average Bonchev–Trinajstić information content (AvgIpc) is 2.68. The van der Waals surface area contributed by atoms with Gasteiger partial charge < -0.3 is 15.5 Å². The highest BCUT2D eigenvalue weighted by Crippen LogP contribution is 2.20. The largest absolute Gasteiger partial charge is 0.390 e. The normalized spacial score (nSPS) is 11.6. The molecule has 0 saturated heterocycles. The van der Waals surface area contributed by atoms with Gasteiger partial charge in [0.25, 0.3) is 0 Å². The van der Waals surface area contributed by atoms with Crippen LogP contribution in [0.1, 0.15) is 29.2 Å². The molecule has 2 aromatic carbocycles. The number of nitrogens with zero attached hydrogens (tertiary/aromatic N) is 1. The minimum atomic E-state index is 0.848. The minimum absolute atomic E-state index is 0.848. The molecule has 0 aliphatic heterocycles. The lowest BCUT2D eigenvalue weighted by Gasteiger charge is -2.31. The van der Waals surface area contributed by atoms with E-state index in [1.807, 2.05) is 14.1 Å². The summed E-state index contributed by atoms with van der Waals surface area (Å²) in [4.78, 5) is 2.41. The fourth-order valence-corrected chi connectivity index (χ4v) is 3.09. The van der Waals surface area contributed by atoms with Crippen molar-refractivity contribution in [1.29, 1.82) is 0 Å². The van der Waals surface area contributed by atoms with E-state index in [2.05, 4.69) is 91.4 Å². The highest BCUT2D eigenvalue weighted by molar-refractivity contribution is 5.31. The molecule has 2 N–H and O–H groups in total. The number of benzene rings is 2. The standard InChI is InChI=1S/C24H33N3/c1-18-7-11-22(12-8-18)15-16-27(17-23-13-9-19(2)10-14-23)24(20(3)25-5)21(4)26-6/h7-14,25-26H,3,15-17H2,1-2,4-6H3/b24-21+. The van der Waals surface area contributed by atoms with Gasteiger partial charge in [0.05, 0.1) is 11.4 Å².